The van der Waals surface area contributed by atoms with Gasteiger partial charge in [-0.15, -0.1) is 0 Å². The van der Waals surface area contributed by atoms with Crippen LogP contribution in [0.3, 0.4) is 0 Å². The predicted octanol–water partition coefficient (Wildman–Crippen LogP) is 3.48. The normalized spacial score (nSPS) is 18.1. The number of hydrogen-bond donors (Lipinski definition) is 0. The summed E-state index contributed by atoms with van der Waals surface area (Å²) in [5.74, 6) is -0.127. The standard InChI is InChI=1S/C17H17F3N2O2/c18-15-2-1-3-16(21-15)23-14-8-9-22(11-14)10-12-4-6-13(7-5-12)24-17(19)20/h1-7,14,17H,8-11H2. The summed E-state index contributed by atoms with van der Waals surface area (Å²) in [6.07, 6.45) is 0.783. The minimum absolute atomic E-state index is 0.0410. The Morgan fingerprint density at radius 2 is 1.96 bits per heavy atom. The lowest BCUT2D eigenvalue weighted by atomic mass is 10.2. The minimum atomic E-state index is -2.82. The fraction of sp³-hybridized carbons (Fsp3) is 0.353. The molecule has 0 amide bonds. The summed E-state index contributed by atoms with van der Waals surface area (Å²) in [6, 6.07) is 11.1. The van der Waals surface area contributed by atoms with E-state index in [9.17, 15) is 13.2 Å². The van der Waals surface area contributed by atoms with Crippen LogP contribution in [0.2, 0.25) is 0 Å². The van der Waals surface area contributed by atoms with Crippen molar-refractivity contribution in [2.75, 3.05) is 13.1 Å². The van der Waals surface area contributed by atoms with E-state index < -0.39 is 12.6 Å². The molecule has 0 saturated carbocycles. The van der Waals surface area contributed by atoms with Gasteiger partial charge in [-0.05, 0) is 30.2 Å². The maximum Gasteiger partial charge on any atom is 0.387 e. The van der Waals surface area contributed by atoms with Crippen LogP contribution >= 0.6 is 0 Å². The summed E-state index contributed by atoms with van der Waals surface area (Å²) in [6.45, 7) is -0.586. The second-order valence-electron chi connectivity index (χ2n) is 5.58. The summed E-state index contributed by atoms with van der Waals surface area (Å²) >= 11 is 0. The molecule has 4 nitrogen and oxygen atoms in total. The minimum Gasteiger partial charge on any atom is -0.473 e. The first-order valence-corrected chi connectivity index (χ1v) is 7.64. The largest absolute Gasteiger partial charge is 0.473 e. The highest BCUT2D eigenvalue weighted by Gasteiger charge is 2.24. The first kappa shape index (κ1) is 16.6. The van der Waals surface area contributed by atoms with E-state index in [1.807, 2.05) is 0 Å². The predicted molar refractivity (Wildman–Crippen MR) is 81.6 cm³/mol. The molecule has 1 aromatic carbocycles. The van der Waals surface area contributed by atoms with Crippen molar-refractivity contribution in [3.8, 4) is 11.6 Å². The molecule has 0 spiro atoms. The number of likely N-dealkylation sites (tertiary alicyclic amines) is 1. The van der Waals surface area contributed by atoms with Gasteiger partial charge in [0.2, 0.25) is 11.8 Å². The van der Waals surface area contributed by atoms with Crippen molar-refractivity contribution < 1.29 is 22.6 Å². The van der Waals surface area contributed by atoms with Gasteiger partial charge < -0.3 is 9.47 Å². The van der Waals surface area contributed by atoms with Gasteiger partial charge >= 0.3 is 6.61 Å². The summed E-state index contributed by atoms with van der Waals surface area (Å²) in [4.78, 5) is 5.88. The molecule has 1 fully saturated rings. The van der Waals surface area contributed by atoms with Crippen LogP contribution in [-0.2, 0) is 6.54 Å². The van der Waals surface area contributed by atoms with Gasteiger partial charge in [0.1, 0.15) is 11.9 Å². The van der Waals surface area contributed by atoms with Crippen LogP contribution in [0.5, 0.6) is 11.6 Å². The molecule has 1 aliphatic heterocycles. The highest BCUT2D eigenvalue weighted by atomic mass is 19.3. The molecule has 1 atom stereocenters. The molecule has 1 aliphatic rings. The van der Waals surface area contributed by atoms with Crippen molar-refractivity contribution in [1.29, 1.82) is 0 Å². The zero-order valence-corrected chi connectivity index (χ0v) is 12.9. The van der Waals surface area contributed by atoms with Gasteiger partial charge in [0.05, 0.1) is 0 Å². The first-order chi connectivity index (χ1) is 11.6. The monoisotopic (exact) mass is 338 g/mol. The molecule has 2 aromatic rings. The van der Waals surface area contributed by atoms with E-state index in [1.165, 1.54) is 18.2 Å². The molecular weight excluding hydrogens is 321 g/mol. The van der Waals surface area contributed by atoms with E-state index in [2.05, 4.69) is 14.6 Å². The maximum absolute atomic E-state index is 13.1. The van der Waals surface area contributed by atoms with E-state index in [-0.39, 0.29) is 17.7 Å². The SMILES string of the molecule is Fc1cccc(OC2CCN(Cc3ccc(OC(F)F)cc3)C2)n1. The molecule has 2 heterocycles. The van der Waals surface area contributed by atoms with E-state index in [0.717, 1.165) is 18.5 Å². The van der Waals surface area contributed by atoms with Crippen LogP contribution in [0, 0.1) is 5.95 Å². The zero-order valence-electron chi connectivity index (χ0n) is 12.9. The third kappa shape index (κ3) is 4.61. The number of pyridine rings is 1. The Balaban J connectivity index is 1.50. The first-order valence-electron chi connectivity index (χ1n) is 7.64. The Bertz CT molecular complexity index is 667. The molecule has 1 saturated heterocycles. The van der Waals surface area contributed by atoms with Crippen molar-refractivity contribution in [1.82, 2.24) is 9.88 Å². The second kappa shape index (κ2) is 7.53. The smallest absolute Gasteiger partial charge is 0.387 e. The lowest BCUT2D eigenvalue weighted by Crippen LogP contribution is -2.24. The van der Waals surface area contributed by atoms with Gasteiger partial charge in [0.25, 0.3) is 0 Å². The van der Waals surface area contributed by atoms with Crippen LogP contribution < -0.4 is 9.47 Å². The third-order valence-electron chi connectivity index (χ3n) is 3.76. The summed E-state index contributed by atoms with van der Waals surface area (Å²) in [7, 11) is 0. The molecule has 3 rings (SSSR count). The number of benzene rings is 1. The van der Waals surface area contributed by atoms with Crippen molar-refractivity contribution in [3.63, 3.8) is 0 Å². The fourth-order valence-corrected chi connectivity index (χ4v) is 2.70. The Kier molecular flexibility index (Phi) is 5.20. The molecule has 24 heavy (non-hydrogen) atoms. The van der Waals surface area contributed by atoms with Gasteiger partial charge in [-0.25, -0.2) is 0 Å². The Morgan fingerprint density at radius 3 is 2.67 bits per heavy atom. The van der Waals surface area contributed by atoms with E-state index in [0.29, 0.717) is 13.1 Å². The molecule has 128 valence electrons. The molecule has 1 aromatic heterocycles. The van der Waals surface area contributed by atoms with Crippen LogP contribution in [0.4, 0.5) is 13.2 Å². The lowest BCUT2D eigenvalue weighted by Gasteiger charge is -2.17. The number of hydrogen-bond acceptors (Lipinski definition) is 4. The van der Waals surface area contributed by atoms with Gasteiger partial charge in [0.15, 0.2) is 0 Å². The highest BCUT2D eigenvalue weighted by molar-refractivity contribution is 5.27. The van der Waals surface area contributed by atoms with E-state index in [4.69, 9.17) is 4.74 Å². The van der Waals surface area contributed by atoms with Crippen LogP contribution in [0.15, 0.2) is 42.5 Å². The fourth-order valence-electron chi connectivity index (χ4n) is 2.70. The zero-order chi connectivity index (χ0) is 16.9. The Morgan fingerprint density at radius 1 is 1.17 bits per heavy atom. The Hall–Kier alpha value is -2.28. The Labute approximate surface area is 137 Å². The highest BCUT2D eigenvalue weighted by Crippen LogP contribution is 2.20. The van der Waals surface area contributed by atoms with Crippen molar-refractivity contribution in [3.05, 3.63) is 54.0 Å². The number of alkyl halides is 2. The van der Waals surface area contributed by atoms with Crippen molar-refractivity contribution in [2.45, 2.75) is 25.7 Å². The van der Waals surface area contributed by atoms with Gasteiger partial charge in [-0.2, -0.15) is 18.2 Å². The van der Waals surface area contributed by atoms with Gasteiger partial charge in [-0.3, -0.25) is 4.90 Å². The number of rotatable bonds is 6. The number of nitrogens with zero attached hydrogens (tertiary/aromatic N) is 2. The quantitative estimate of drug-likeness (QED) is 0.756. The molecule has 0 aliphatic carbocycles. The molecule has 1 unspecified atom stereocenters. The molecular formula is C17H17F3N2O2. The summed E-state index contributed by atoms with van der Waals surface area (Å²) < 4.78 is 47.3. The van der Waals surface area contributed by atoms with Crippen LogP contribution in [0.1, 0.15) is 12.0 Å². The van der Waals surface area contributed by atoms with Gasteiger partial charge in [-0.1, -0.05) is 18.2 Å². The number of ether oxygens (including phenoxy) is 2. The molecule has 0 bridgehead atoms. The second-order valence-corrected chi connectivity index (χ2v) is 5.58. The third-order valence-corrected chi connectivity index (χ3v) is 3.76. The average molecular weight is 338 g/mol. The summed E-state index contributed by atoms with van der Waals surface area (Å²) in [5.41, 5.74) is 1.00. The van der Waals surface area contributed by atoms with Gasteiger partial charge in [0, 0.05) is 25.7 Å². The summed E-state index contributed by atoms with van der Waals surface area (Å²) in [5, 5.41) is 0. The van der Waals surface area contributed by atoms with E-state index in [1.54, 1.807) is 24.3 Å². The topological polar surface area (TPSA) is 34.6 Å². The average Bonchev–Trinajstić information content (AvgIpc) is 2.96. The maximum atomic E-state index is 13.1. The van der Waals surface area contributed by atoms with E-state index >= 15 is 0 Å². The molecule has 0 N–H and O–H groups in total. The molecule has 0 radical (unpaired) electrons. The van der Waals surface area contributed by atoms with Crippen LogP contribution in [0.25, 0.3) is 0 Å². The van der Waals surface area contributed by atoms with Crippen molar-refractivity contribution >= 4 is 0 Å². The lowest BCUT2D eigenvalue weighted by molar-refractivity contribution is -0.0498. The number of aromatic nitrogens is 1. The number of halogens is 3. The van der Waals surface area contributed by atoms with Crippen LogP contribution in [-0.4, -0.2) is 35.7 Å². The van der Waals surface area contributed by atoms with Crippen molar-refractivity contribution in [2.24, 2.45) is 0 Å². The molecule has 7 heteroatoms.